The number of anilines is 3. The first kappa shape index (κ1) is 105. The number of halogens is 4. The van der Waals surface area contributed by atoms with Crippen LogP contribution in [-0.4, -0.2) is 157 Å². The van der Waals surface area contributed by atoms with Gasteiger partial charge in [-0.15, -0.1) is 6.72 Å². The molecule has 0 aromatic heterocycles. The predicted molar refractivity (Wildman–Crippen MR) is 440 cm³/mol. The zero-order valence-corrected chi connectivity index (χ0v) is 67.3. The first-order valence-corrected chi connectivity index (χ1v) is 33.4. The first-order valence-electron chi connectivity index (χ1n) is 31.1. The molecule has 1 aliphatic heterocycles. The van der Waals surface area contributed by atoms with E-state index in [0.29, 0.717) is 107 Å². The molecule has 0 saturated heterocycles. The number of benzene rings is 6. The highest BCUT2D eigenvalue weighted by Gasteiger charge is 2.41. The highest BCUT2D eigenvalue weighted by Crippen LogP contribution is 2.47. The monoisotopic (exact) mass is 1620 g/mol. The Hall–Kier alpha value is -6.54. The third-order valence-corrected chi connectivity index (χ3v) is 15.3. The largest absolute Gasteiger partial charge is 0.493 e. The zero-order valence-electron chi connectivity index (χ0n) is 60.5. The number of aliphatic hydroxyl groups is 5. The number of carbonyl (C=O) groups is 5. The second-order valence-corrected chi connectivity index (χ2v) is 25.5. The van der Waals surface area contributed by atoms with Gasteiger partial charge < -0.3 is 101 Å². The third kappa shape index (κ3) is 32.8. The summed E-state index contributed by atoms with van der Waals surface area (Å²) in [6.07, 6.45) is -1.45. The van der Waals surface area contributed by atoms with E-state index in [4.69, 9.17) is 95.1 Å². The van der Waals surface area contributed by atoms with E-state index in [2.05, 4.69) is 22.1 Å². The maximum atomic E-state index is 13.8. The number of nitrogens with one attached hydrogen (secondary N) is 1. The first-order chi connectivity index (χ1) is 47.3. The quantitative estimate of drug-likeness (QED) is 0.00663. The number of aliphatic hydroxyl groups excluding tert-OH is 5. The summed E-state index contributed by atoms with van der Waals surface area (Å²) in [4.78, 5) is 58.1. The summed E-state index contributed by atoms with van der Waals surface area (Å²) in [5.74, 6) is 1.46. The van der Waals surface area contributed by atoms with Crippen LogP contribution in [0.2, 0.25) is 15.1 Å². The number of nitrogen functional groups attached to an aromatic ring is 1. The van der Waals surface area contributed by atoms with Crippen molar-refractivity contribution in [1.29, 1.82) is 0 Å². The van der Waals surface area contributed by atoms with Crippen molar-refractivity contribution in [3.05, 3.63) is 170 Å². The Morgan fingerprint density at radius 1 is 0.619 bits per heavy atom. The Balaban J connectivity index is -0.000000648. The van der Waals surface area contributed by atoms with Gasteiger partial charge in [0.2, 0.25) is 5.24 Å². The van der Waals surface area contributed by atoms with Crippen LogP contribution in [0.4, 0.5) is 17.1 Å². The number of hydrogen-bond donors (Lipinski definition) is 7. The van der Waals surface area contributed by atoms with Crippen molar-refractivity contribution in [1.82, 2.24) is 0 Å². The standard InChI is InChI=1S/C26H32ClNO7.C20H26ClNO4.C15H16ClNO3.C6H7ClO3.C5H10O2.2CH4.BH2S.3H2S/c1-6-34-22(30)13-21-25(31)28(14-26(2,3)15-29)19-11-10-16(27)12-18(19)23(35-21)17-8-7-9-20(32-4)24(17)33-5;1-20(2,12-23)11-22-16-9-8-13(21)10-15(16)18(24)14-6-5-7-17(25-3)19(14)26-4;1-19-13-5-3-4-10(15(13)20-2)14(18)11-8-9(16)6-7-12(11)17;1-2-10-6(9)4-3-5(7)8;1-5(2,3-6)4-7;;;1-2;;;/h7-12,21,23,29H,6,13-15H2,1-5H3;5-10,18,22-24H,11-12H2,1-4H3;3-8,14,18H,17H2,1-2H3;3-4H,2H2,1H3;3,7H,4H2,1-2H3;2*1H4;1H2;3*1H2/q;;;;;;;-1;;;/b;;;4-3+;;;;;;;/t21-,23-;18-;14-;;;;;;;;/m111......../s1. The van der Waals surface area contributed by atoms with Gasteiger partial charge >= 0.3 is 11.9 Å². The van der Waals surface area contributed by atoms with Gasteiger partial charge in [0.25, 0.3) is 5.91 Å². The lowest BCUT2D eigenvalue weighted by Crippen LogP contribution is -2.46. The molecule has 105 heavy (non-hydrogen) atoms. The van der Waals surface area contributed by atoms with Gasteiger partial charge in [-0.2, -0.15) is 40.5 Å². The fraction of sp³-hybridized carbons (Fsp3) is 0.419. The highest BCUT2D eigenvalue weighted by atomic mass is 35.5. The number of rotatable bonds is 26. The lowest BCUT2D eigenvalue weighted by Gasteiger charge is -2.32. The molecule has 0 saturated carbocycles. The Morgan fingerprint density at radius 3 is 1.52 bits per heavy atom. The molecule has 0 aliphatic carbocycles. The number of esters is 2. The van der Waals surface area contributed by atoms with Crippen LogP contribution in [0, 0.1) is 16.2 Å². The molecule has 0 spiro atoms. The molecule has 1 amide bonds. The summed E-state index contributed by atoms with van der Waals surface area (Å²) >= 11 is 27.5. The lowest BCUT2D eigenvalue weighted by molar-refractivity contribution is -0.151. The number of methoxy groups -OCH3 is 6. The van der Waals surface area contributed by atoms with Crippen LogP contribution in [0.1, 0.15) is 128 Å². The minimum atomic E-state index is -1.14. The molecule has 0 unspecified atom stereocenters. The molecule has 6 aromatic rings. The van der Waals surface area contributed by atoms with E-state index in [1.807, 2.05) is 39.8 Å². The van der Waals surface area contributed by atoms with E-state index in [9.17, 15) is 44.4 Å². The molecule has 22 nitrogen and oxygen atoms in total. The maximum Gasteiger partial charge on any atom is 0.330 e. The van der Waals surface area contributed by atoms with Gasteiger partial charge in [-0.3, -0.25) is 14.4 Å². The number of amides is 1. The lowest BCUT2D eigenvalue weighted by atomic mass is 9.92. The Labute approximate surface area is 666 Å². The van der Waals surface area contributed by atoms with Crippen molar-refractivity contribution in [2.24, 2.45) is 16.2 Å². The number of nitrogens with two attached hydrogens (primary N) is 1. The van der Waals surface area contributed by atoms with E-state index in [0.717, 1.165) is 24.1 Å². The average Bonchev–Trinajstić information content (AvgIpc) is 1.66. The molecule has 7 rings (SSSR count). The molecule has 4 atom stereocenters. The molecule has 8 N–H and O–H groups in total. The number of hydrogen-bond acceptors (Lipinski definition) is 22. The summed E-state index contributed by atoms with van der Waals surface area (Å²) in [6, 6.07) is 31.5. The molecule has 588 valence electrons. The van der Waals surface area contributed by atoms with Crippen LogP contribution in [-0.2, 0) is 38.2 Å². The molecule has 31 heteroatoms. The van der Waals surface area contributed by atoms with Crippen LogP contribution >= 0.6 is 98.9 Å². The van der Waals surface area contributed by atoms with Crippen molar-refractivity contribution >= 4 is 152 Å². The van der Waals surface area contributed by atoms with Crippen molar-refractivity contribution in [3.8, 4) is 34.5 Å². The van der Waals surface area contributed by atoms with Gasteiger partial charge in [0.1, 0.15) is 30.7 Å². The summed E-state index contributed by atoms with van der Waals surface area (Å²) in [5, 5.41) is 53.4. The molecular weight excluding hydrogens is 1520 g/mol. The molecule has 1 aliphatic rings. The van der Waals surface area contributed by atoms with Crippen molar-refractivity contribution < 1.29 is 92.1 Å². The second kappa shape index (κ2) is 52.5. The van der Waals surface area contributed by atoms with Crippen LogP contribution in [0.3, 0.4) is 0 Å². The molecule has 0 fully saturated rings. The van der Waals surface area contributed by atoms with E-state index < -0.39 is 58.3 Å². The fourth-order valence-electron chi connectivity index (χ4n) is 9.12. The van der Waals surface area contributed by atoms with Gasteiger partial charge in [-0.25, -0.2) is 4.79 Å². The minimum absolute atomic E-state index is 0. The van der Waals surface area contributed by atoms with Crippen LogP contribution < -0.4 is 44.4 Å². The summed E-state index contributed by atoms with van der Waals surface area (Å²) in [5.41, 5.74) is 9.77. The predicted octanol–water partition coefficient (Wildman–Crippen LogP) is 13.5. The van der Waals surface area contributed by atoms with Gasteiger partial charge in [0, 0.05) is 120 Å². The van der Waals surface area contributed by atoms with E-state index in [1.165, 1.54) is 28.4 Å². The zero-order chi connectivity index (χ0) is 75.7. The summed E-state index contributed by atoms with van der Waals surface area (Å²) < 4.78 is 48.4. The number of ether oxygens (including phenoxy) is 9. The third-order valence-electron chi connectivity index (χ3n) is 14.4. The Bertz CT molecular complexity index is 3660. The average molecular weight is 1620 g/mol. The fourth-order valence-corrected chi connectivity index (χ4v) is 9.73. The Kier molecular flexibility index (Phi) is 52.4. The van der Waals surface area contributed by atoms with Crippen molar-refractivity contribution in [3.63, 3.8) is 0 Å². The number of carbonyl (C=O) groups excluding carboxylic acids is 5. The summed E-state index contributed by atoms with van der Waals surface area (Å²) in [7, 11) is 9.21. The smallest absolute Gasteiger partial charge is 0.330 e. The SMILES string of the molecule is C.C.CC(C)(C=O)CO.CCOC(=O)/C=C/C(=O)Cl.CCOC(=O)C[C@H]1O[C@H](c2cccc(OC)c2OC)c2cc(Cl)ccc2N(CC(C)(C)CO)C1=O.COc1cccc([C@@H](O)c2cc(Cl)ccc2N)c1OC.COc1cccc([C@@H](O)c2cc(Cl)ccc2NCC(C)(C)CO)c1OC.S.S.S.[BH2-]=S. The molecule has 6 aromatic carbocycles. The van der Waals surface area contributed by atoms with Crippen LogP contribution in [0.5, 0.6) is 34.5 Å². The van der Waals surface area contributed by atoms with E-state index in [1.54, 1.807) is 151 Å². The maximum absolute atomic E-state index is 13.8. The second-order valence-electron chi connectivity index (χ2n) is 23.9. The summed E-state index contributed by atoms with van der Waals surface area (Å²) in [6.45, 7) is 17.0. The molecule has 0 radical (unpaired) electrons. The number of allylic oxidation sites excluding steroid dienone is 1. The number of fused-ring (bicyclic) bond motifs is 1. The van der Waals surface area contributed by atoms with E-state index in [-0.39, 0.29) is 100 Å². The van der Waals surface area contributed by atoms with Gasteiger partial charge in [-0.05, 0) is 98.2 Å². The highest BCUT2D eigenvalue weighted by molar-refractivity contribution is 7.83. The van der Waals surface area contributed by atoms with Crippen molar-refractivity contribution in [2.45, 2.75) is 101 Å². The normalized spacial score (nSPS) is 13.1. The van der Waals surface area contributed by atoms with E-state index >= 15 is 0 Å². The van der Waals surface area contributed by atoms with Crippen LogP contribution in [0.25, 0.3) is 0 Å². The Morgan fingerprint density at radius 2 is 1.08 bits per heavy atom. The minimum Gasteiger partial charge on any atom is -0.493 e. The number of aldehydes is 1. The van der Waals surface area contributed by atoms with Crippen molar-refractivity contribution in [2.75, 3.05) is 105 Å². The molecule has 1 heterocycles. The topological polar surface area (TPSA) is 311 Å². The molecule has 0 bridgehead atoms. The van der Waals surface area contributed by atoms with Gasteiger partial charge in [-0.1, -0.05) is 128 Å². The van der Waals surface area contributed by atoms with Crippen LogP contribution in [0.15, 0.2) is 121 Å². The molecular formula is C74H107BCl4N3O19S4-. The number of nitrogens with zero attached hydrogens (tertiary/aromatic N) is 1. The van der Waals surface area contributed by atoms with Gasteiger partial charge in [0.05, 0.1) is 68.9 Å². The number of para-hydroxylation sites is 3. The van der Waals surface area contributed by atoms with Gasteiger partial charge in [0.15, 0.2) is 34.5 Å².